The maximum atomic E-state index is 12.3. The van der Waals surface area contributed by atoms with Crippen LogP contribution in [0.2, 0.25) is 0 Å². The molecule has 1 amide bonds. The second-order valence-electron chi connectivity index (χ2n) is 7.86. The Morgan fingerprint density at radius 1 is 1.33 bits per heavy atom. The molecule has 0 saturated carbocycles. The van der Waals surface area contributed by atoms with Crippen molar-refractivity contribution in [1.29, 1.82) is 0 Å². The molecule has 0 aliphatic heterocycles. The highest BCUT2D eigenvalue weighted by Crippen LogP contribution is 2.31. The number of carbonyl (C=O) groups is 2. The fourth-order valence-electron chi connectivity index (χ4n) is 2.47. The van der Waals surface area contributed by atoms with Gasteiger partial charge in [-0.25, -0.2) is 4.79 Å². The summed E-state index contributed by atoms with van der Waals surface area (Å²) < 4.78 is 10.1. The highest BCUT2D eigenvalue weighted by Gasteiger charge is 2.23. The van der Waals surface area contributed by atoms with E-state index >= 15 is 0 Å². The first kappa shape index (κ1) is 21.1. The van der Waals surface area contributed by atoms with E-state index in [1.54, 1.807) is 0 Å². The number of amides is 1. The molecule has 0 fully saturated rings. The molecule has 148 valence electrons. The molecule has 0 saturated heterocycles. The van der Waals surface area contributed by atoms with Crippen LogP contribution in [0.5, 0.6) is 0 Å². The van der Waals surface area contributed by atoms with E-state index in [9.17, 15) is 9.59 Å². The van der Waals surface area contributed by atoms with Gasteiger partial charge in [-0.15, -0.1) is 11.3 Å². The van der Waals surface area contributed by atoms with Crippen molar-refractivity contribution in [2.45, 2.75) is 59.3 Å². The van der Waals surface area contributed by atoms with Crippen molar-refractivity contribution in [3.05, 3.63) is 28.2 Å². The minimum Gasteiger partial charge on any atom is -0.465 e. The first-order chi connectivity index (χ1) is 12.6. The van der Waals surface area contributed by atoms with Gasteiger partial charge in [-0.3, -0.25) is 4.79 Å². The Hall–Kier alpha value is -2.22. The van der Waals surface area contributed by atoms with E-state index < -0.39 is 5.97 Å². The summed E-state index contributed by atoms with van der Waals surface area (Å²) in [6, 6.07) is 0. The Morgan fingerprint density at radius 3 is 2.59 bits per heavy atom. The fraction of sp³-hybridized carbons (Fsp3) is 0.579. The number of thiophene rings is 1. The predicted molar refractivity (Wildman–Crippen MR) is 104 cm³/mol. The van der Waals surface area contributed by atoms with Crippen LogP contribution < -0.4 is 5.32 Å². The molecule has 0 radical (unpaired) electrons. The van der Waals surface area contributed by atoms with E-state index in [1.807, 2.05) is 26.2 Å². The standard InChI is InChI=1S/C19H27N3O4S/c1-11(2)9-12-10-27-16(15(12)17(24)25-6)20-13(23)7-8-14-21-18(22-26-14)19(3,4)5/h10-11H,7-9H2,1-6H3,(H,20,23). The summed E-state index contributed by atoms with van der Waals surface area (Å²) in [5.41, 5.74) is 1.13. The highest BCUT2D eigenvalue weighted by molar-refractivity contribution is 7.15. The van der Waals surface area contributed by atoms with Gasteiger partial charge >= 0.3 is 5.97 Å². The minimum atomic E-state index is -0.436. The van der Waals surface area contributed by atoms with Gasteiger partial charge in [-0.05, 0) is 23.3 Å². The van der Waals surface area contributed by atoms with Crippen LogP contribution >= 0.6 is 11.3 Å². The first-order valence-electron chi connectivity index (χ1n) is 8.93. The maximum Gasteiger partial charge on any atom is 0.341 e. The van der Waals surface area contributed by atoms with Crippen LogP contribution in [0, 0.1) is 5.92 Å². The number of carbonyl (C=O) groups excluding carboxylic acids is 2. The molecule has 0 aliphatic rings. The van der Waals surface area contributed by atoms with E-state index in [4.69, 9.17) is 9.26 Å². The second kappa shape index (κ2) is 8.65. The van der Waals surface area contributed by atoms with Crippen molar-refractivity contribution >= 4 is 28.2 Å². The molecule has 2 aromatic rings. The Bertz CT molecular complexity index is 802. The summed E-state index contributed by atoms with van der Waals surface area (Å²) in [5.74, 6) is 0.779. The molecule has 0 unspecified atom stereocenters. The Kier molecular flexibility index (Phi) is 6.75. The van der Waals surface area contributed by atoms with Crippen LogP contribution in [0.25, 0.3) is 0 Å². The van der Waals surface area contributed by atoms with Crippen LogP contribution in [0.3, 0.4) is 0 Å². The normalized spacial score (nSPS) is 11.7. The van der Waals surface area contributed by atoms with Crippen LogP contribution in [-0.4, -0.2) is 29.1 Å². The van der Waals surface area contributed by atoms with Crippen LogP contribution in [0.1, 0.15) is 68.7 Å². The van der Waals surface area contributed by atoms with Crippen molar-refractivity contribution in [1.82, 2.24) is 10.1 Å². The molecular formula is C19H27N3O4S. The Labute approximate surface area is 163 Å². The SMILES string of the molecule is COC(=O)c1c(CC(C)C)csc1NC(=O)CCc1nc(C(C)(C)C)no1. The quantitative estimate of drug-likeness (QED) is 0.715. The average molecular weight is 394 g/mol. The van der Waals surface area contributed by atoms with Crippen molar-refractivity contribution in [3.8, 4) is 0 Å². The van der Waals surface area contributed by atoms with Crippen molar-refractivity contribution in [2.24, 2.45) is 5.92 Å². The van der Waals surface area contributed by atoms with Gasteiger partial charge in [0.1, 0.15) is 5.00 Å². The van der Waals surface area contributed by atoms with Gasteiger partial charge in [0.2, 0.25) is 11.8 Å². The largest absolute Gasteiger partial charge is 0.465 e. The number of ether oxygens (including phenoxy) is 1. The summed E-state index contributed by atoms with van der Waals surface area (Å²) >= 11 is 1.34. The molecule has 2 aromatic heterocycles. The number of esters is 1. The Morgan fingerprint density at radius 2 is 2.04 bits per heavy atom. The van der Waals surface area contributed by atoms with E-state index in [2.05, 4.69) is 29.3 Å². The summed E-state index contributed by atoms with van der Waals surface area (Å²) in [4.78, 5) is 28.8. The van der Waals surface area contributed by atoms with Gasteiger partial charge in [0.15, 0.2) is 5.82 Å². The molecule has 0 aliphatic carbocycles. The minimum absolute atomic E-state index is 0.184. The van der Waals surface area contributed by atoms with Crippen LogP contribution in [0.4, 0.5) is 5.00 Å². The van der Waals surface area contributed by atoms with Gasteiger partial charge in [0.05, 0.1) is 12.7 Å². The zero-order valence-electron chi connectivity index (χ0n) is 16.7. The van der Waals surface area contributed by atoms with Gasteiger partial charge in [-0.2, -0.15) is 4.98 Å². The van der Waals surface area contributed by atoms with Gasteiger partial charge in [-0.1, -0.05) is 39.8 Å². The Balaban J connectivity index is 2.04. The summed E-state index contributed by atoms with van der Waals surface area (Å²) in [6.07, 6.45) is 1.27. The molecule has 1 N–H and O–H groups in total. The molecule has 0 aromatic carbocycles. The third-order valence-corrected chi connectivity index (χ3v) is 4.79. The number of hydrogen-bond donors (Lipinski definition) is 1. The number of nitrogens with one attached hydrogen (secondary N) is 1. The maximum absolute atomic E-state index is 12.3. The third-order valence-electron chi connectivity index (χ3n) is 3.84. The predicted octanol–water partition coefficient (Wildman–Crippen LogP) is 3.99. The van der Waals surface area contributed by atoms with E-state index in [1.165, 1.54) is 18.4 Å². The summed E-state index contributed by atoms with van der Waals surface area (Å²) in [5, 5.41) is 9.18. The monoisotopic (exact) mass is 393 g/mol. The zero-order chi connectivity index (χ0) is 20.2. The van der Waals surface area contributed by atoms with Gasteiger partial charge < -0.3 is 14.6 Å². The lowest BCUT2D eigenvalue weighted by atomic mass is 9.96. The fourth-order valence-corrected chi connectivity index (χ4v) is 3.45. The highest BCUT2D eigenvalue weighted by atomic mass is 32.1. The van der Waals surface area contributed by atoms with Crippen LogP contribution in [-0.2, 0) is 27.8 Å². The average Bonchev–Trinajstić information content (AvgIpc) is 3.19. The third kappa shape index (κ3) is 5.63. The van der Waals surface area contributed by atoms with Gasteiger partial charge in [0.25, 0.3) is 0 Å². The van der Waals surface area contributed by atoms with Gasteiger partial charge in [0, 0.05) is 18.3 Å². The molecule has 2 rings (SSSR count). The number of aromatic nitrogens is 2. The molecule has 7 nitrogen and oxygen atoms in total. The smallest absolute Gasteiger partial charge is 0.341 e. The molecule has 8 heteroatoms. The number of aryl methyl sites for hydroxylation is 1. The number of methoxy groups -OCH3 is 1. The number of nitrogens with zero attached hydrogens (tertiary/aromatic N) is 2. The number of hydrogen-bond acceptors (Lipinski definition) is 7. The molecule has 27 heavy (non-hydrogen) atoms. The van der Waals surface area contributed by atoms with Crippen LogP contribution in [0.15, 0.2) is 9.90 Å². The zero-order valence-corrected chi connectivity index (χ0v) is 17.5. The number of anilines is 1. The second-order valence-corrected chi connectivity index (χ2v) is 8.74. The summed E-state index contributed by atoms with van der Waals surface area (Å²) in [7, 11) is 1.34. The molecule has 0 spiro atoms. The lowest BCUT2D eigenvalue weighted by molar-refractivity contribution is -0.116. The molecule has 2 heterocycles. The lowest BCUT2D eigenvalue weighted by Gasteiger charge is -2.10. The molecular weight excluding hydrogens is 366 g/mol. The van der Waals surface area contributed by atoms with E-state index in [0.29, 0.717) is 34.6 Å². The summed E-state index contributed by atoms with van der Waals surface area (Å²) in [6.45, 7) is 10.1. The molecule has 0 atom stereocenters. The van der Waals surface area contributed by atoms with Crippen molar-refractivity contribution in [3.63, 3.8) is 0 Å². The molecule has 0 bridgehead atoms. The topological polar surface area (TPSA) is 94.3 Å². The van der Waals surface area contributed by atoms with Crippen molar-refractivity contribution < 1.29 is 18.8 Å². The number of rotatable bonds is 7. The lowest BCUT2D eigenvalue weighted by Crippen LogP contribution is -2.15. The van der Waals surface area contributed by atoms with Crippen molar-refractivity contribution in [2.75, 3.05) is 12.4 Å². The van der Waals surface area contributed by atoms with E-state index in [-0.39, 0.29) is 17.7 Å². The van der Waals surface area contributed by atoms with E-state index in [0.717, 1.165) is 12.0 Å². The first-order valence-corrected chi connectivity index (χ1v) is 9.81.